The molecule has 4 N–H and O–H groups in total. The van der Waals surface area contributed by atoms with Crippen LogP contribution in [0.2, 0.25) is 0 Å². The van der Waals surface area contributed by atoms with Crippen molar-refractivity contribution in [3.05, 3.63) is 30.3 Å². The van der Waals surface area contributed by atoms with E-state index in [4.69, 9.17) is 11.5 Å². The van der Waals surface area contributed by atoms with Gasteiger partial charge >= 0.3 is 0 Å². The van der Waals surface area contributed by atoms with Crippen LogP contribution in [0.15, 0.2) is 30.3 Å². The molecule has 0 spiro atoms. The molecule has 1 atom stereocenters. The van der Waals surface area contributed by atoms with Gasteiger partial charge in [-0.25, -0.2) is 4.98 Å². The molecule has 1 unspecified atom stereocenters. The Balaban J connectivity index is 1.90. The molecular formula is C15H18N4O. The first-order chi connectivity index (χ1) is 9.63. The summed E-state index contributed by atoms with van der Waals surface area (Å²) in [7, 11) is 0. The van der Waals surface area contributed by atoms with Gasteiger partial charge in [0.2, 0.25) is 5.91 Å². The predicted molar refractivity (Wildman–Crippen MR) is 80.3 cm³/mol. The van der Waals surface area contributed by atoms with Gasteiger partial charge in [0.05, 0.1) is 11.4 Å². The number of anilines is 2. The molecule has 1 aliphatic rings. The van der Waals surface area contributed by atoms with E-state index < -0.39 is 0 Å². The van der Waals surface area contributed by atoms with E-state index >= 15 is 0 Å². The Hall–Kier alpha value is -2.30. The summed E-state index contributed by atoms with van der Waals surface area (Å²) in [4.78, 5) is 18.1. The molecule has 1 saturated heterocycles. The highest BCUT2D eigenvalue weighted by molar-refractivity contribution is 5.83. The summed E-state index contributed by atoms with van der Waals surface area (Å²) in [5.41, 5.74) is 12.8. The van der Waals surface area contributed by atoms with Crippen molar-refractivity contribution in [2.75, 3.05) is 23.7 Å². The topological polar surface area (TPSA) is 85.2 Å². The first kappa shape index (κ1) is 12.7. The van der Waals surface area contributed by atoms with E-state index in [0.717, 1.165) is 41.8 Å². The van der Waals surface area contributed by atoms with Crippen molar-refractivity contribution in [1.82, 2.24) is 4.98 Å². The highest BCUT2D eigenvalue weighted by Gasteiger charge is 2.24. The van der Waals surface area contributed by atoms with Crippen molar-refractivity contribution in [3.8, 4) is 0 Å². The molecule has 2 heterocycles. The molecule has 5 heteroatoms. The van der Waals surface area contributed by atoms with Crippen molar-refractivity contribution < 1.29 is 4.79 Å². The Morgan fingerprint density at radius 3 is 2.95 bits per heavy atom. The highest BCUT2D eigenvalue weighted by Crippen LogP contribution is 2.24. The van der Waals surface area contributed by atoms with E-state index in [-0.39, 0.29) is 11.8 Å². The number of rotatable bonds is 2. The predicted octanol–water partition coefficient (Wildman–Crippen LogP) is 1.52. The molecule has 104 valence electrons. The second-order valence-corrected chi connectivity index (χ2v) is 5.31. The fourth-order valence-corrected chi connectivity index (χ4v) is 2.73. The maximum atomic E-state index is 11.3. The van der Waals surface area contributed by atoms with Gasteiger partial charge in [0.1, 0.15) is 5.82 Å². The van der Waals surface area contributed by atoms with E-state index in [1.54, 1.807) is 0 Å². The number of amides is 1. The molecule has 0 bridgehead atoms. The van der Waals surface area contributed by atoms with Crippen LogP contribution in [0.3, 0.4) is 0 Å². The van der Waals surface area contributed by atoms with Crippen LogP contribution in [0.25, 0.3) is 10.9 Å². The van der Waals surface area contributed by atoms with Crippen LogP contribution in [-0.4, -0.2) is 24.0 Å². The first-order valence-electron chi connectivity index (χ1n) is 6.84. The van der Waals surface area contributed by atoms with Crippen LogP contribution in [0.5, 0.6) is 0 Å². The van der Waals surface area contributed by atoms with Crippen LogP contribution >= 0.6 is 0 Å². The average molecular weight is 270 g/mol. The van der Waals surface area contributed by atoms with Gasteiger partial charge in [0, 0.05) is 24.2 Å². The molecule has 1 aliphatic heterocycles. The average Bonchev–Trinajstić information content (AvgIpc) is 2.47. The van der Waals surface area contributed by atoms with Crippen molar-refractivity contribution in [2.45, 2.75) is 12.8 Å². The molecule has 3 rings (SSSR count). The number of aromatic nitrogens is 1. The van der Waals surface area contributed by atoms with E-state index in [9.17, 15) is 4.79 Å². The third-order valence-corrected chi connectivity index (χ3v) is 3.85. The van der Waals surface area contributed by atoms with E-state index in [2.05, 4.69) is 9.88 Å². The smallest absolute Gasteiger partial charge is 0.222 e. The quantitative estimate of drug-likeness (QED) is 0.810. The summed E-state index contributed by atoms with van der Waals surface area (Å²) in [5, 5.41) is 1.03. The summed E-state index contributed by atoms with van der Waals surface area (Å²) in [6.45, 7) is 1.57. The Labute approximate surface area is 117 Å². The van der Waals surface area contributed by atoms with Crippen LogP contribution in [0.4, 0.5) is 11.5 Å². The van der Waals surface area contributed by atoms with Gasteiger partial charge in [-0.1, -0.05) is 0 Å². The summed E-state index contributed by atoms with van der Waals surface area (Å²) in [6, 6.07) is 9.67. The Bertz CT molecular complexity index is 655. The van der Waals surface area contributed by atoms with Gasteiger partial charge in [0.15, 0.2) is 0 Å². The van der Waals surface area contributed by atoms with Crippen molar-refractivity contribution in [3.63, 3.8) is 0 Å². The molecule has 0 aliphatic carbocycles. The number of piperidine rings is 1. The van der Waals surface area contributed by atoms with Gasteiger partial charge in [-0.3, -0.25) is 4.79 Å². The number of carbonyl (C=O) groups excluding carboxylic acids is 1. The third kappa shape index (κ3) is 2.39. The maximum absolute atomic E-state index is 11.3. The number of hydrogen-bond donors (Lipinski definition) is 2. The minimum absolute atomic E-state index is 0.0762. The van der Waals surface area contributed by atoms with Crippen molar-refractivity contribution in [1.29, 1.82) is 0 Å². The highest BCUT2D eigenvalue weighted by atomic mass is 16.1. The van der Waals surface area contributed by atoms with Gasteiger partial charge in [-0.2, -0.15) is 0 Å². The lowest BCUT2D eigenvalue weighted by molar-refractivity contribution is -0.122. The van der Waals surface area contributed by atoms with Gasteiger partial charge in [-0.15, -0.1) is 0 Å². The number of primary amides is 1. The lowest BCUT2D eigenvalue weighted by atomic mass is 9.97. The van der Waals surface area contributed by atoms with E-state index in [0.29, 0.717) is 6.54 Å². The van der Waals surface area contributed by atoms with E-state index in [1.165, 1.54) is 0 Å². The largest absolute Gasteiger partial charge is 0.399 e. The van der Waals surface area contributed by atoms with Crippen molar-refractivity contribution >= 4 is 28.3 Å². The zero-order valence-electron chi connectivity index (χ0n) is 11.2. The van der Waals surface area contributed by atoms with Gasteiger partial charge in [-0.05, 0) is 43.2 Å². The molecule has 1 amide bonds. The van der Waals surface area contributed by atoms with Crippen molar-refractivity contribution in [2.24, 2.45) is 11.7 Å². The minimum atomic E-state index is -0.219. The monoisotopic (exact) mass is 270 g/mol. The SMILES string of the molecule is NC(=O)C1CCCN(c2ccc3cc(N)ccc3n2)C1. The number of pyridine rings is 1. The Morgan fingerprint density at radius 1 is 1.30 bits per heavy atom. The molecule has 1 fully saturated rings. The lowest BCUT2D eigenvalue weighted by Gasteiger charge is -2.32. The number of nitrogens with two attached hydrogens (primary N) is 2. The van der Waals surface area contributed by atoms with Gasteiger partial charge in [0.25, 0.3) is 0 Å². The number of nitrogens with zero attached hydrogens (tertiary/aromatic N) is 2. The van der Waals surface area contributed by atoms with Gasteiger partial charge < -0.3 is 16.4 Å². The summed E-state index contributed by atoms with van der Waals surface area (Å²) in [5.74, 6) is 0.601. The minimum Gasteiger partial charge on any atom is -0.399 e. The maximum Gasteiger partial charge on any atom is 0.222 e. The molecule has 1 aromatic heterocycles. The molecule has 2 aromatic rings. The summed E-state index contributed by atoms with van der Waals surface area (Å²) in [6.07, 6.45) is 1.84. The van der Waals surface area contributed by atoms with E-state index in [1.807, 2.05) is 30.3 Å². The molecule has 20 heavy (non-hydrogen) atoms. The normalized spacial score (nSPS) is 19.2. The molecule has 1 aromatic carbocycles. The van der Waals surface area contributed by atoms with Crippen LogP contribution in [0, 0.1) is 5.92 Å². The van der Waals surface area contributed by atoms with Crippen LogP contribution < -0.4 is 16.4 Å². The number of fused-ring (bicyclic) bond motifs is 1. The zero-order chi connectivity index (χ0) is 14.1. The van der Waals surface area contributed by atoms with Crippen LogP contribution in [-0.2, 0) is 4.79 Å². The number of hydrogen-bond acceptors (Lipinski definition) is 4. The number of nitrogen functional groups attached to an aromatic ring is 1. The lowest BCUT2D eigenvalue weighted by Crippen LogP contribution is -2.41. The summed E-state index contributed by atoms with van der Waals surface area (Å²) < 4.78 is 0. The Morgan fingerprint density at radius 2 is 2.15 bits per heavy atom. The third-order valence-electron chi connectivity index (χ3n) is 3.85. The fourth-order valence-electron chi connectivity index (χ4n) is 2.73. The molecule has 0 saturated carbocycles. The summed E-state index contributed by atoms with van der Waals surface area (Å²) >= 11 is 0. The number of benzene rings is 1. The standard InChI is InChI=1S/C15H18N4O/c16-12-4-5-13-10(8-12)3-6-14(18-13)19-7-1-2-11(9-19)15(17)20/h3-6,8,11H,1-2,7,9,16H2,(H2,17,20). The molecule has 0 radical (unpaired) electrons. The second kappa shape index (κ2) is 5.00. The first-order valence-corrected chi connectivity index (χ1v) is 6.84. The molecule has 5 nitrogen and oxygen atoms in total. The zero-order valence-corrected chi connectivity index (χ0v) is 11.2. The fraction of sp³-hybridized carbons (Fsp3) is 0.333. The Kier molecular flexibility index (Phi) is 3.18. The second-order valence-electron chi connectivity index (χ2n) is 5.31. The van der Waals surface area contributed by atoms with Crippen LogP contribution in [0.1, 0.15) is 12.8 Å². The number of carbonyl (C=O) groups is 1. The molecular weight excluding hydrogens is 252 g/mol.